The van der Waals surface area contributed by atoms with Crippen molar-refractivity contribution in [1.82, 2.24) is 0 Å². The zero-order valence-electron chi connectivity index (χ0n) is 10.2. The first-order chi connectivity index (χ1) is 8.72. The van der Waals surface area contributed by atoms with E-state index in [0.717, 1.165) is 36.6 Å². The molecule has 0 amide bonds. The van der Waals surface area contributed by atoms with E-state index in [2.05, 4.69) is 12.1 Å². The summed E-state index contributed by atoms with van der Waals surface area (Å²) in [6.45, 7) is 0. The normalized spacial score (nSPS) is 18.0. The van der Waals surface area contributed by atoms with Crippen molar-refractivity contribution < 1.29 is 9.90 Å². The van der Waals surface area contributed by atoms with E-state index in [4.69, 9.17) is 0 Å². The summed E-state index contributed by atoms with van der Waals surface area (Å²) in [5.41, 5.74) is 0.315. The summed E-state index contributed by atoms with van der Waals surface area (Å²) in [6.07, 6.45) is 3.56. The molecule has 0 bridgehead atoms. The molecule has 1 aliphatic rings. The number of carboxylic acids is 1. The zero-order valence-corrected chi connectivity index (χ0v) is 10.2. The molecule has 0 heterocycles. The molecule has 1 saturated carbocycles. The molecule has 0 aromatic heterocycles. The van der Waals surface area contributed by atoms with Crippen LogP contribution in [-0.4, -0.2) is 11.1 Å². The molecular weight excluding hydrogens is 224 g/mol. The molecule has 2 nitrogen and oxygen atoms in total. The molecule has 2 heteroatoms. The van der Waals surface area contributed by atoms with E-state index in [9.17, 15) is 9.90 Å². The van der Waals surface area contributed by atoms with Crippen molar-refractivity contribution in [2.75, 3.05) is 0 Å². The topological polar surface area (TPSA) is 37.3 Å². The number of carboxylic acid groups (broad SMARTS) is 1. The van der Waals surface area contributed by atoms with E-state index >= 15 is 0 Å². The molecule has 0 atom stereocenters. The van der Waals surface area contributed by atoms with Crippen LogP contribution in [0.25, 0.3) is 10.8 Å². The summed E-state index contributed by atoms with van der Waals surface area (Å²) in [4.78, 5) is 11.7. The zero-order chi connectivity index (χ0) is 12.6. The highest BCUT2D eigenvalue weighted by Crippen LogP contribution is 2.42. The Hall–Kier alpha value is -1.83. The smallest absolute Gasteiger partial charge is 0.314 e. The summed E-state index contributed by atoms with van der Waals surface area (Å²) < 4.78 is 0. The molecule has 3 rings (SSSR count). The fraction of sp³-hybridized carbons (Fsp3) is 0.312. The maximum atomic E-state index is 11.7. The molecule has 2 aromatic carbocycles. The quantitative estimate of drug-likeness (QED) is 0.868. The highest BCUT2D eigenvalue weighted by molar-refractivity contribution is 5.87. The number of hydrogen-bond acceptors (Lipinski definition) is 1. The van der Waals surface area contributed by atoms with Crippen molar-refractivity contribution in [2.24, 2.45) is 0 Å². The molecule has 1 N–H and O–H groups in total. The lowest BCUT2D eigenvalue weighted by molar-refractivity contribution is -0.143. The first-order valence-corrected chi connectivity index (χ1v) is 6.45. The third-order valence-corrected chi connectivity index (χ3v) is 4.17. The second-order valence-corrected chi connectivity index (χ2v) is 5.16. The second kappa shape index (κ2) is 4.13. The maximum Gasteiger partial charge on any atom is 0.314 e. The van der Waals surface area contributed by atoms with E-state index in [1.165, 1.54) is 5.39 Å². The third kappa shape index (κ3) is 1.60. The lowest BCUT2D eigenvalue weighted by Gasteiger charge is -2.24. The van der Waals surface area contributed by atoms with Crippen LogP contribution in [0.5, 0.6) is 0 Å². The number of rotatable bonds is 2. The molecule has 0 unspecified atom stereocenters. The largest absolute Gasteiger partial charge is 0.481 e. The van der Waals surface area contributed by atoms with Crippen molar-refractivity contribution >= 4 is 16.7 Å². The first kappa shape index (κ1) is 11.3. The van der Waals surface area contributed by atoms with Gasteiger partial charge in [-0.25, -0.2) is 0 Å². The fourth-order valence-corrected chi connectivity index (χ4v) is 3.09. The Morgan fingerprint density at radius 2 is 1.67 bits per heavy atom. The van der Waals surface area contributed by atoms with Crippen LogP contribution >= 0.6 is 0 Å². The van der Waals surface area contributed by atoms with Crippen LogP contribution in [0.3, 0.4) is 0 Å². The standard InChI is InChI=1S/C16H16O2/c17-15(18)16(9-3-4-10-16)14-8-7-12-5-1-2-6-13(12)11-14/h1-2,5-8,11H,3-4,9-10H2,(H,17,18). The highest BCUT2D eigenvalue weighted by Gasteiger charge is 2.42. The molecule has 0 saturated heterocycles. The Morgan fingerprint density at radius 1 is 1.00 bits per heavy atom. The van der Waals surface area contributed by atoms with Gasteiger partial charge in [0.25, 0.3) is 0 Å². The monoisotopic (exact) mass is 240 g/mol. The minimum Gasteiger partial charge on any atom is -0.481 e. The number of hydrogen-bond donors (Lipinski definition) is 1. The number of carbonyl (C=O) groups is 1. The highest BCUT2D eigenvalue weighted by atomic mass is 16.4. The van der Waals surface area contributed by atoms with Crippen LogP contribution in [0.1, 0.15) is 31.2 Å². The van der Waals surface area contributed by atoms with Crippen LogP contribution < -0.4 is 0 Å². The second-order valence-electron chi connectivity index (χ2n) is 5.16. The van der Waals surface area contributed by atoms with Gasteiger partial charge in [0.15, 0.2) is 0 Å². The first-order valence-electron chi connectivity index (χ1n) is 6.45. The summed E-state index contributed by atoms with van der Waals surface area (Å²) in [5, 5.41) is 11.9. The van der Waals surface area contributed by atoms with Crippen LogP contribution in [0.4, 0.5) is 0 Å². The van der Waals surface area contributed by atoms with E-state index in [1.54, 1.807) is 0 Å². The molecule has 0 spiro atoms. The molecule has 18 heavy (non-hydrogen) atoms. The van der Waals surface area contributed by atoms with E-state index < -0.39 is 11.4 Å². The van der Waals surface area contributed by atoms with Crippen LogP contribution in [0.15, 0.2) is 42.5 Å². The van der Waals surface area contributed by atoms with Crippen LogP contribution in [0, 0.1) is 0 Å². The van der Waals surface area contributed by atoms with Crippen molar-refractivity contribution in [3.05, 3.63) is 48.0 Å². The van der Waals surface area contributed by atoms with Gasteiger partial charge in [-0.1, -0.05) is 55.3 Å². The Balaban J connectivity index is 2.15. The van der Waals surface area contributed by atoms with E-state index in [-0.39, 0.29) is 0 Å². The minimum absolute atomic E-state index is 0.649. The molecule has 1 fully saturated rings. The Bertz CT molecular complexity index is 595. The SMILES string of the molecule is O=C(O)C1(c2ccc3ccccc3c2)CCCC1. The molecular formula is C16H16O2. The minimum atomic E-state index is -0.671. The van der Waals surface area contributed by atoms with E-state index in [0.29, 0.717) is 0 Å². The van der Waals surface area contributed by atoms with Gasteiger partial charge in [-0.2, -0.15) is 0 Å². The van der Waals surface area contributed by atoms with Crippen LogP contribution in [0.2, 0.25) is 0 Å². The van der Waals surface area contributed by atoms with E-state index in [1.807, 2.05) is 30.3 Å². The maximum absolute atomic E-state index is 11.7. The van der Waals surface area contributed by atoms with Crippen molar-refractivity contribution in [3.8, 4) is 0 Å². The van der Waals surface area contributed by atoms with Crippen molar-refractivity contribution in [1.29, 1.82) is 0 Å². The Morgan fingerprint density at radius 3 is 2.33 bits per heavy atom. The summed E-state index contributed by atoms with van der Waals surface area (Å²) >= 11 is 0. The van der Waals surface area contributed by atoms with Gasteiger partial charge in [-0.15, -0.1) is 0 Å². The Kier molecular flexibility index (Phi) is 2.58. The number of benzene rings is 2. The van der Waals surface area contributed by atoms with Crippen LogP contribution in [-0.2, 0) is 10.2 Å². The van der Waals surface area contributed by atoms with Gasteiger partial charge in [0.05, 0.1) is 5.41 Å². The van der Waals surface area contributed by atoms with Gasteiger partial charge in [0.2, 0.25) is 0 Å². The third-order valence-electron chi connectivity index (χ3n) is 4.17. The number of aliphatic carboxylic acids is 1. The van der Waals surface area contributed by atoms with Crippen molar-refractivity contribution in [2.45, 2.75) is 31.1 Å². The predicted molar refractivity (Wildman–Crippen MR) is 71.7 cm³/mol. The average molecular weight is 240 g/mol. The number of fused-ring (bicyclic) bond motifs is 1. The molecule has 0 aliphatic heterocycles. The molecule has 2 aromatic rings. The van der Waals surface area contributed by atoms with Gasteiger partial charge in [0.1, 0.15) is 0 Å². The average Bonchev–Trinajstić information content (AvgIpc) is 2.89. The summed E-state index contributed by atoms with van der Waals surface area (Å²) in [5.74, 6) is -0.671. The fourth-order valence-electron chi connectivity index (χ4n) is 3.09. The van der Waals surface area contributed by atoms with Gasteiger partial charge in [-0.05, 0) is 29.2 Å². The molecule has 92 valence electrons. The van der Waals surface area contributed by atoms with Gasteiger partial charge in [0, 0.05) is 0 Å². The molecule has 0 radical (unpaired) electrons. The Labute approximate surface area is 106 Å². The lowest BCUT2D eigenvalue weighted by atomic mass is 9.78. The molecule has 1 aliphatic carbocycles. The van der Waals surface area contributed by atoms with Gasteiger partial charge in [-0.3, -0.25) is 4.79 Å². The van der Waals surface area contributed by atoms with Crippen molar-refractivity contribution in [3.63, 3.8) is 0 Å². The predicted octanol–water partition coefficient (Wildman–Crippen LogP) is 3.74. The van der Waals surface area contributed by atoms with Gasteiger partial charge >= 0.3 is 5.97 Å². The van der Waals surface area contributed by atoms with Gasteiger partial charge < -0.3 is 5.11 Å². The lowest BCUT2D eigenvalue weighted by Crippen LogP contribution is -2.32. The summed E-state index contributed by atoms with van der Waals surface area (Å²) in [7, 11) is 0. The summed E-state index contributed by atoms with van der Waals surface area (Å²) in [6, 6.07) is 14.2.